The second-order valence-electron chi connectivity index (χ2n) is 4.22. The van der Waals surface area contributed by atoms with Gasteiger partial charge in [-0.15, -0.1) is 0 Å². The van der Waals surface area contributed by atoms with Crippen LogP contribution in [0.4, 0.5) is 4.39 Å². The molecule has 3 rings (SSSR count). The number of aliphatic hydroxyl groups is 1. The Kier molecular flexibility index (Phi) is 2.08. The van der Waals surface area contributed by atoms with Crippen molar-refractivity contribution in [3.05, 3.63) is 46.0 Å². The van der Waals surface area contributed by atoms with Gasteiger partial charge in [0.2, 0.25) is 0 Å². The fourth-order valence-electron chi connectivity index (χ4n) is 2.55. The first kappa shape index (κ1) is 10.4. The first-order valence-corrected chi connectivity index (χ1v) is 5.35. The van der Waals surface area contributed by atoms with Crippen molar-refractivity contribution in [3.63, 3.8) is 0 Å². The lowest BCUT2D eigenvalue weighted by molar-refractivity contribution is 0.214. The molecular weight excluding hydrogens is 223 g/mol. The third kappa shape index (κ3) is 1.20. The van der Waals surface area contributed by atoms with E-state index in [1.807, 2.05) is 0 Å². The zero-order valence-corrected chi connectivity index (χ0v) is 8.93. The predicted octanol–water partition coefficient (Wildman–Crippen LogP) is 0.687. The molecule has 88 valence electrons. The predicted molar refractivity (Wildman–Crippen MR) is 61.2 cm³/mol. The summed E-state index contributed by atoms with van der Waals surface area (Å²) < 4.78 is 15.2. The van der Waals surface area contributed by atoms with Crippen molar-refractivity contribution in [2.45, 2.75) is 12.1 Å². The molecule has 2 heterocycles. The molecule has 1 aliphatic heterocycles. The summed E-state index contributed by atoms with van der Waals surface area (Å²) in [7, 11) is 0. The Labute approximate surface area is 96.1 Å². The SMILES string of the molecule is N[C@@H]1c2c(F)ccc3ccc(=O)n(c23)[C@H]1CO. The van der Waals surface area contributed by atoms with E-state index in [4.69, 9.17) is 5.73 Å². The van der Waals surface area contributed by atoms with Crippen molar-refractivity contribution in [3.8, 4) is 0 Å². The van der Waals surface area contributed by atoms with Crippen molar-refractivity contribution in [2.24, 2.45) is 5.73 Å². The van der Waals surface area contributed by atoms with Crippen LogP contribution in [0, 0.1) is 5.82 Å². The summed E-state index contributed by atoms with van der Waals surface area (Å²) >= 11 is 0. The zero-order valence-electron chi connectivity index (χ0n) is 8.93. The van der Waals surface area contributed by atoms with E-state index in [0.717, 1.165) is 5.39 Å². The van der Waals surface area contributed by atoms with Gasteiger partial charge in [0.1, 0.15) is 5.82 Å². The maximum Gasteiger partial charge on any atom is 0.251 e. The van der Waals surface area contributed by atoms with Gasteiger partial charge >= 0.3 is 0 Å². The van der Waals surface area contributed by atoms with Gasteiger partial charge in [-0.1, -0.05) is 0 Å². The molecule has 0 saturated heterocycles. The second-order valence-corrected chi connectivity index (χ2v) is 4.22. The van der Waals surface area contributed by atoms with Gasteiger partial charge in [0.25, 0.3) is 5.56 Å². The molecule has 0 radical (unpaired) electrons. The monoisotopic (exact) mass is 234 g/mol. The second kappa shape index (κ2) is 3.38. The number of benzene rings is 1. The number of aromatic nitrogens is 1. The maximum atomic E-state index is 13.8. The molecule has 0 spiro atoms. The van der Waals surface area contributed by atoms with Crippen LogP contribution >= 0.6 is 0 Å². The molecule has 2 aromatic rings. The largest absolute Gasteiger partial charge is 0.394 e. The average Bonchev–Trinajstić information content (AvgIpc) is 2.62. The molecule has 4 nitrogen and oxygen atoms in total. The van der Waals surface area contributed by atoms with Gasteiger partial charge in [-0.3, -0.25) is 4.79 Å². The fraction of sp³-hybridized carbons (Fsp3) is 0.250. The Morgan fingerprint density at radius 1 is 1.35 bits per heavy atom. The summed E-state index contributed by atoms with van der Waals surface area (Å²) in [5.41, 5.74) is 6.46. The van der Waals surface area contributed by atoms with E-state index in [1.165, 1.54) is 16.7 Å². The van der Waals surface area contributed by atoms with E-state index in [-0.39, 0.29) is 12.2 Å². The minimum Gasteiger partial charge on any atom is -0.394 e. The Morgan fingerprint density at radius 2 is 2.06 bits per heavy atom. The van der Waals surface area contributed by atoms with Crippen LogP contribution in [0.25, 0.3) is 10.9 Å². The van der Waals surface area contributed by atoms with E-state index in [2.05, 4.69) is 0 Å². The highest BCUT2D eigenvalue weighted by Gasteiger charge is 2.34. The van der Waals surface area contributed by atoms with Gasteiger partial charge < -0.3 is 15.4 Å². The van der Waals surface area contributed by atoms with Crippen molar-refractivity contribution in [2.75, 3.05) is 6.61 Å². The highest BCUT2D eigenvalue weighted by Crippen LogP contribution is 2.38. The van der Waals surface area contributed by atoms with Gasteiger partial charge in [0, 0.05) is 11.6 Å². The molecule has 0 unspecified atom stereocenters. The molecule has 1 aliphatic rings. The van der Waals surface area contributed by atoms with Crippen molar-refractivity contribution < 1.29 is 9.50 Å². The third-order valence-corrected chi connectivity index (χ3v) is 3.35. The van der Waals surface area contributed by atoms with Crippen LogP contribution in [-0.2, 0) is 0 Å². The highest BCUT2D eigenvalue weighted by atomic mass is 19.1. The third-order valence-electron chi connectivity index (χ3n) is 3.35. The van der Waals surface area contributed by atoms with Crippen LogP contribution in [0.1, 0.15) is 17.6 Å². The summed E-state index contributed by atoms with van der Waals surface area (Å²) in [4.78, 5) is 11.8. The lowest BCUT2D eigenvalue weighted by atomic mass is 10.0. The number of aliphatic hydroxyl groups excluding tert-OH is 1. The molecule has 2 atom stereocenters. The minimum absolute atomic E-state index is 0.267. The van der Waals surface area contributed by atoms with Crippen LogP contribution in [0.2, 0.25) is 0 Å². The standard InChI is InChI=1S/C12H11FN2O2/c13-7-3-1-6-2-4-9(17)15-8(5-16)11(14)10(7)12(6)15/h1-4,8,11,16H,5,14H2/t8-,11-/m0/s1. The molecule has 5 heteroatoms. The Balaban J connectivity index is 2.52. The van der Waals surface area contributed by atoms with E-state index in [9.17, 15) is 14.3 Å². The van der Waals surface area contributed by atoms with Crippen LogP contribution in [0.3, 0.4) is 0 Å². The number of hydrogen-bond donors (Lipinski definition) is 2. The van der Waals surface area contributed by atoms with Crippen molar-refractivity contribution in [1.29, 1.82) is 0 Å². The minimum atomic E-state index is -0.682. The number of nitrogens with two attached hydrogens (primary N) is 1. The summed E-state index contributed by atoms with van der Waals surface area (Å²) in [6, 6.07) is 4.73. The lowest BCUT2D eigenvalue weighted by Gasteiger charge is -2.15. The molecule has 0 fully saturated rings. The van der Waals surface area contributed by atoms with E-state index in [1.54, 1.807) is 12.1 Å². The molecule has 17 heavy (non-hydrogen) atoms. The molecule has 3 N–H and O–H groups in total. The quantitative estimate of drug-likeness (QED) is 0.762. The first-order chi connectivity index (χ1) is 8.15. The van der Waals surface area contributed by atoms with Gasteiger partial charge in [-0.2, -0.15) is 0 Å². The molecular formula is C12H11FN2O2. The highest BCUT2D eigenvalue weighted by molar-refractivity contribution is 5.84. The Hall–Kier alpha value is -1.72. The number of rotatable bonds is 1. The van der Waals surface area contributed by atoms with Gasteiger partial charge in [0.15, 0.2) is 0 Å². The van der Waals surface area contributed by atoms with E-state index in [0.29, 0.717) is 11.1 Å². The first-order valence-electron chi connectivity index (χ1n) is 5.35. The number of hydrogen-bond acceptors (Lipinski definition) is 3. The summed E-state index contributed by atoms with van der Waals surface area (Å²) in [6.45, 7) is -0.283. The summed E-state index contributed by atoms with van der Waals surface area (Å²) in [5.74, 6) is -0.430. The van der Waals surface area contributed by atoms with Crippen molar-refractivity contribution in [1.82, 2.24) is 4.57 Å². The number of pyridine rings is 1. The Bertz CT molecular complexity index is 665. The zero-order chi connectivity index (χ0) is 12.2. The number of halogens is 1. The summed E-state index contributed by atoms with van der Waals surface area (Å²) in [6.07, 6.45) is 0. The van der Waals surface area contributed by atoms with E-state index < -0.39 is 17.9 Å². The topological polar surface area (TPSA) is 68.2 Å². The lowest BCUT2D eigenvalue weighted by Crippen LogP contribution is -2.28. The molecule has 0 amide bonds. The smallest absolute Gasteiger partial charge is 0.251 e. The fourth-order valence-corrected chi connectivity index (χ4v) is 2.55. The molecule has 0 bridgehead atoms. The van der Waals surface area contributed by atoms with Gasteiger partial charge in [-0.05, 0) is 23.6 Å². The molecule has 0 aliphatic carbocycles. The van der Waals surface area contributed by atoms with Gasteiger partial charge in [0.05, 0.1) is 24.2 Å². The number of nitrogens with zero attached hydrogens (tertiary/aromatic N) is 1. The van der Waals surface area contributed by atoms with Crippen LogP contribution in [0.5, 0.6) is 0 Å². The normalized spacial score (nSPS) is 22.3. The molecule has 1 aromatic heterocycles. The van der Waals surface area contributed by atoms with E-state index >= 15 is 0 Å². The Morgan fingerprint density at radius 3 is 2.76 bits per heavy atom. The molecule has 0 saturated carbocycles. The average molecular weight is 234 g/mol. The van der Waals surface area contributed by atoms with Crippen molar-refractivity contribution >= 4 is 10.9 Å². The van der Waals surface area contributed by atoms with Crippen LogP contribution < -0.4 is 11.3 Å². The maximum absolute atomic E-state index is 13.8. The summed E-state index contributed by atoms with van der Waals surface area (Å²) in [5, 5.41) is 10.1. The van der Waals surface area contributed by atoms with Crippen LogP contribution in [-0.4, -0.2) is 16.3 Å². The van der Waals surface area contributed by atoms with Gasteiger partial charge in [-0.25, -0.2) is 4.39 Å². The molecule has 1 aromatic carbocycles. The van der Waals surface area contributed by atoms with Crippen LogP contribution in [0.15, 0.2) is 29.1 Å².